The van der Waals surface area contributed by atoms with Gasteiger partial charge < -0.3 is 14.5 Å². The fourth-order valence-electron chi connectivity index (χ4n) is 3.00. The molecule has 0 amide bonds. The number of nitrogens with zero attached hydrogens (tertiary/aromatic N) is 8. The quantitative estimate of drug-likeness (QED) is 0.667. The van der Waals surface area contributed by atoms with Gasteiger partial charge in [0.05, 0.1) is 0 Å². The van der Waals surface area contributed by atoms with Crippen LogP contribution in [-0.2, 0) is 17.8 Å². The van der Waals surface area contributed by atoms with Crippen LogP contribution < -0.4 is 9.80 Å². The van der Waals surface area contributed by atoms with Crippen molar-refractivity contribution in [2.75, 3.05) is 43.1 Å². The van der Waals surface area contributed by atoms with Crippen LogP contribution in [0.4, 0.5) is 10.9 Å². The number of hydrogen-bond donors (Lipinski definition) is 0. The molecule has 3 aromatic rings. The van der Waals surface area contributed by atoms with E-state index in [1.165, 1.54) is 11.5 Å². The molecule has 0 atom stereocenters. The lowest BCUT2D eigenvalue weighted by atomic mass is 10.3. The zero-order valence-electron chi connectivity index (χ0n) is 14.3. The van der Waals surface area contributed by atoms with Gasteiger partial charge in [0, 0.05) is 63.6 Å². The van der Waals surface area contributed by atoms with Crippen molar-refractivity contribution in [1.82, 2.24) is 28.9 Å². The predicted octanol–water partition coefficient (Wildman–Crippen LogP) is 1.01. The summed E-state index contributed by atoms with van der Waals surface area (Å²) in [6.45, 7) is 6.00. The molecule has 3 aromatic heterocycles. The van der Waals surface area contributed by atoms with E-state index in [4.69, 9.17) is 4.74 Å². The van der Waals surface area contributed by atoms with E-state index in [2.05, 4.69) is 41.3 Å². The summed E-state index contributed by atoms with van der Waals surface area (Å²) in [7, 11) is 1.65. The molecule has 10 heteroatoms. The number of hydrogen-bond acceptors (Lipinski definition) is 9. The maximum Gasteiger partial charge on any atom is 0.205 e. The second kappa shape index (κ2) is 6.89. The highest BCUT2D eigenvalue weighted by molar-refractivity contribution is 7.09. The van der Waals surface area contributed by atoms with Crippen molar-refractivity contribution >= 4 is 28.1 Å². The SMILES string of the molecule is CCc1nnc2c(N3CCN(c4nc(COC)ns4)CC3)nccn12. The Morgan fingerprint density at radius 2 is 1.96 bits per heavy atom. The number of aryl methyl sites for hydroxylation is 1. The zero-order valence-corrected chi connectivity index (χ0v) is 15.1. The molecule has 1 aliphatic rings. The fraction of sp³-hybridized carbons (Fsp3) is 0.533. The minimum Gasteiger partial charge on any atom is -0.377 e. The number of ether oxygens (including phenoxy) is 1. The van der Waals surface area contributed by atoms with Crippen LogP contribution in [-0.4, -0.2) is 62.2 Å². The average molecular weight is 360 g/mol. The van der Waals surface area contributed by atoms with E-state index in [9.17, 15) is 0 Å². The van der Waals surface area contributed by atoms with Crippen LogP contribution in [0.2, 0.25) is 0 Å². The first-order chi connectivity index (χ1) is 12.3. The molecule has 1 saturated heterocycles. The van der Waals surface area contributed by atoms with Crippen molar-refractivity contribution in [3.63, 3.8) is 0 Å². The Bertz CT molecular complexity index is 854. The number of rotatable bonds is 5. The molecule has 0 N–H and O–H groups in total. The molecule has 1 aliphatic heterocycles. The number of methoxy groups -OCH3 is 1. The molecule has 0 aromatic carbocycles. The average Bonchev–Trinajstić information content (AvgIpc) is 3.29. The second-order valence-corrected chi connectivity index (χ2v) is 6.54. The zero-order chi connectivity index (χ0) is 17.2. The smallest absolute Gasteiger partial charge is 0.205 e. The highest BCUT2D eigenvalue weighted by atomic mass is 32.1. The Labute approximate surface area is 149 Å². The summed E-state index contributed by atoms with van der Waals surface area (Å²) in [6.07, 6.45) is 4.59. The highest BCUT2D eigenvalue weighted by Crippen LogP contribution is 2.23. The molecule has 0 aliphatic carbocycles. The molecule has 9 nitrogen and oxygen atoms in total. The van der Waals surface area contributed by atoms with E-state index in [0.717, 1.165) is 60.8 Å². The number of fused-ring (bicyclic) bond motifs is 1. The van der Waals surface area contributed by atoms with Gasteiger partial charge in [0.15, 0.2) is 11.6 Å². The van der Waals surface area contributed by atoms with Gasteiger partial charge in [0.25, 0.3) is 0 Å². The van der Waals surface area contributed by atoms with Crippen molar-refractivity contribution in [2.45, 2.75) is 20.0 Å². The molecule has 132 valence electrons. The highest BCUT2D eigenvalue weighted by Gasteiger charge is 2.23. The summed E-state index contributed by atoms with van der Waals surface area (Å²) in [6, 6.07) is 0. The third kappa shape index (κ3) is 3.02. The van der Waals surface area contributed by atoms with Crippen LogP contribution in [0.5, 0.6) is 0 Å². The first-order valence-electron chi connectivity index (χ1n) is 8.30. The standard InChI is InChI=1S/C15H20N8OS/c1-3-12-18-19-14-13(16-4-5-23(12)14)21-6-8-22(9-7-21)15-17-11(10-24-2)20-25-15/h4-5H,3,6-10H2,1-2H3. The Morgan fingerprint density at radius 3 is 2.72 bits per heavy atom. The summed E-state index contributed by atoms with van der Waals surface area (Å²) in [4.78, 5) is 13.6. The third-order valence-electron chi connectivity index (χ3n) is 4.28. The van der Waals surface area contributed by atoms with E-state index in [-0.39, 0.29) is 0 Å². The molecule has 4 heterocycles. The van der Waals surface area contributed by atoms with Gasteiger partial charge in [-0.3, -0.25) is 4.40 Å². The minimum absolute atomic E-state index is 0.453. The summed E-state index contributed by atoms with van der Waals surface area (Å²) >= 11 is 1.43. The van der Waals surface area contributed by atoms with E-state index in [0.29, 0.717) is 6.61 Å². The Balaban J connectivity index is 1.49. The first-order valence-corrected chi connectivity index (χ1v) is 9.07. The normalized spacial score (nSPS) is 15.3. The molecule has 0 unspecified atom stereocenters. The Morgan fingerprint density at radius 1 is 1.16 bits per heavy atom. The van der Waals surface area contributed by atoms with Gasteiger partial charge >= 0.3 is 0 Å². The lowest BCUT2D eigenvalue weighted by Gasteiger charge is -2.34. The monoisotopic (exact) mass is 360 g/mol. The van der Waals surface area contributed by atoms with Gasteiger partial charge in [-0.2, -0.15) is 4.37 Å². The Hall–Kier alpha value is -2.33. The summed E-state index contributed by atoms with van der Waals surface area (Å²) in [5.41, 5.74) is 0.825. The van der Waals surface area contributed by atoms with Crippen LogP contribution in [0.25, 0.3) is 5.65 Å². The van der Waals surface area contributed by atoms with Gasteiger partial charge in [0.2, 0.25) is 10.8 Å². The van der Waals surface area contributed by atoms with Gasteiger partial charge in [-0.25, -0.2) is 9.97 Å². The summed E-state index contributed by atoms with van der Waals surface area (Å²) < 4.78 is 11.4. The van der Waals surface area contributed by atoms with Crippen LogP contribution in [0.3, 0.4) is 0 Å². The van der Waals surface area contributed by atoms with E-state index >= 15 is 0 Å². The number of anilines is 2. The van der Waals surface area contributed by atoms with Crippen LogP contribution in [0.1, 0.15) is 18.6 Å². The van der Waals surface area contributed by atoms with E-state index < -0.39 is 0 Å². The van der Waals surface area contributed by atoms with E-state index in [1.54, 1.807) is 7.11 Å². The van der Waals surface area contributed by atoms with Crippen molar-refractivity contribution in [1.29, 1.82) is 0 Å². The lowest BCUT2D eigenvalue weighted by Crippen LogP contribution is -2.47. The largest absolute Gasteiger partial charge is 0.377 e. The predicted molar refractivity (Wildman–Crippen MR) is 95.2 cm³/mol. The molecule has 4 rings (SSSR count). The molecule has 0 radical (unpaired) electrons. The lowest BCUT2D eigenvalue weighted by molar-refractivity contribution is 0.179. The van der Waals surface area contributed by atoms with Crippen LogP contribution in [0.15, 0.2) is 12.4 Å². The van der Waals surface area contributed by atoms with Gasteiger partial charge in [-0.15, -0.1) is 10.2 Å². The van der Waals surface area contributed by atoms with Crippen molar-refractivity contribution in [3.8, 4) is 0 Å². The number of piperazine rings is 1. The van der Waals surface area contributed by atoms with Crippen molar-refractivity contribution in [3.05, 3.63) is 24.0 Å². The van der Waals surface area contributed by atoms with Crippen LogP contribution in [0, 0.1) is 0 Å². The van der Waals surface area contributed by atoms with Crippen molar-refractivity contribution < 1.29 is 4.74 Å². The number of aromatic nitrogens is 6. The fourth-order valence-corrected chi connectivity index (χ4v) is 3.72. The summed E-state index contributed by atoms with van der Waals surface area (Å²) in [5, 5.41) is 9.54. The Kier molecular flexibility index (Phi) is 4.45. The first kappa shape index (κ1) is 16.2. The maximum atomic E-state index is 5.09. The van der Waals surface area contributed by atoms with Crippen molar-refractivity contribution in [2.24, 2.45) is 0 Å². The topological polar surface area (TPSA) is 84.6 Å². The molecule has 1 fully saturated rings. The van der Waals surface area contributed by atoms with Crippen LogP contribution >= 0.6 is 11.5 Å². The molecule has 0 saturated carbocycles. The molecule has 25 heavy (non-hydrogen) atoms. The third-order valence-corrected chi connectivity index (χ3v) is 5.09. The summed E-state index contributed by atoms with van der Waals surface area (Å²) in [5.74, 6) is 2.59. The second-order valence-electron chi connectivity index (χ2n) is 5.81. The molecule has 0 spiro atoms. The van der Waals surface area contributed by atoms with Gasteiger partial charge in [-0.1, -0.05) is 6.92 Å². The molecule has 0 bridgehead atoms. The van der Waals surface area contributed by atoms with Gasteiger partial charge in [0.1, 0.15) is 12.4 Å². The van der Waals surface area contributed by atoms with E-state index in [1.807, 2.05) is 16.8 Å². The molecular formula is C15H20N8OS. The maximum absolute atomic E-state index is 5.09. The molecular weight excluding hydrogens is 340 g/mol. The minimum atomic E-state index is 0.453. The van der Waals surface area contributed by atoms with Gasteiger partial charge in [-0.05, 0) is 0 Å².